The number of amides is 1. The van der Waals surface area contributed by atoms with Gasteiger partial charge in [0.2, 0.25) is 0 Å². The summed E-state index contributed by atoms with van der Waals surface area (Å²) >= 11 is 0. The highest BCUT2D eigenvalue weighted by Crippen LogP contribution is 2.28. The standard InChI is InChI=1S/C24H28N2O2/c1-16-6-4-8-19(14-16)15-26-12-10-20(11-13-26)25-24(27)23-18(3)21-9-5-7-17(2)22(21)28-23/h4-9,14,20H,10-13,15H2,1-3H3,(H,25,27). The highest BCUT2D eigenvalue weighted by Gasteiger charge is 2.24. The summed E-state index contributed by atoms with van der Waals surface area (Å²) < 4.78 is 5.92. The van der Waals surface area contributed by atoms with Gasteiger partial charge < -0.3 is 9.73 Å². The maximum atomic E-state index is 12.8. The normalized spacial score (nSPS) is 15.8. The monoisotopic (exact) mass is 376 g/mol. The third kappa shape index (κ3) is 3.83. The van der Waals surface area contributed by atoms with Crippen LogP contribution in [0, 0.1) is 20.8 Å². The molecule has 1 aromatic heterocycles. The van der Waals surface area contributed by atoms with E-state index in [1.807, 2.05) is 32.0 Å². The third-order valence-electron chi connectivity index (χ3n) is 5.78. The number of carbonyl (C=O) groups excluding carboxylic acids is 1. The first kappa shape index (κ1) is 18.8. The van der Waals surface area contributed by atoms with Crippen molar-refractivity contribution in [1.29, 1.82) is 0 Å². The molecule has 1 N–H and O–H groups in total. The number of fused-ring (bicyclic) bond motifs is 1. The van der Waals surface area contributed by atoms with Crippen LogP contribution in [0.5, 0.6) is 0 Å². The Morgan fingerprint density at radius 2 is 1.86 bits per heavy atom. The van der Waals surface area contributed by atoms with Gasteiger partial charge in [0.25, 0.3) is 5.91 Å². The van der Waals surface area contributed by atoms with Gasteiger partial charge in [0.15, 0.2) is 5.76 Å². The van der Waals surface area contributed by atoms with Gasteiger partial charge in [0.1, 0.15) is 5.58 Å². The smallest absolute Gasteiger partial charge is 0.287 e. The summed E-state index contributed by atoms with van der Waals surface area (Å²) in [5.41, 5.74) is 5.46. The van der Waals surface area contributed by atoms with Crippen molar-refractivity contribution in [2.24, 2.45) is 0 Å². The molecule has 1 saturated heterocycles. The average molecular weight is 377 g/mol. The average Bonchev–Trinajstić information content (AvgIpc) is 3.02. The Hall–Kier alpha value is -2.59. The first-order valence-electron chi connectivity index (χ1n) is 10.1. The number of para-hydroxylation sites is 1. The molecule has 2 heterocycles. The van der Waals surface area contributed by atoms with Gasteiger partial charge in [0, 0.05) is 36.6 Å². The molecular formula is C24H28N2O2. The van der Waals surface area contributed by atoms with Crippen LogP contribution < -0.4 is 5.32 Å². The minimum atomic E-state index is -0.0924. The number of carbonyl (C=O) groups is 1. The second kappa shape index (κ2) is 7.80. The molecule has 0 saturated carbocycles. The molecule has 3 aromatic rings. The van der Waals surface area contributed by atoms with Crippen molar-refractivity contribution in [3.8, 4) is 0 Å². The zero-order valence-corrected chi connectivity index (χ0v) is 16.9. The predicted octanol–water partition coefficient (Wildman–Crippen LogP) is 4.75. The Morgan fingerprint density at radius 1 is 1.11 bits per heavy atom. The zero-order valence-electron chi connectivity index (χ0n) is 16.9. The number of piperidine rings is 1. The van der Waals surface area contributed by atoms with Crippen LogP contribution in [0.3, 0.4) is 0 Å². The molecule has 146 valence electrons. The predicted molar refractivity (Wildman–Crippen MR) is 113 cm³/mol. The van der Waals surface area contributed by atoms with Crippen molar-refractivity contribution in [3.05, 3.63) is 70.5 Å². The summed E-state index contributed by atoms with van der Waals surface area (Å²) in [6.45, 7) is 9.08. The van der Waals surface area contributed by atoms with E-state index >= 15 is 0 Å². The molecule has 0 spiro atoms. The largest absolute Gasteiger partial charge is 0.450 e. The number of benzene rings is 2. The molecule has 1 aliphatic heterocycles. The molecule has 2 aromatic carbocycles. The lowest BCUT2D eigenvalue weighted by atomic mass is 10.0. The lowest BCUT2D eigenvalue weighted by Gasteiger charge is -2.32. The summed E-state index contributed by atoms with van der Waals surface area (Å²) in [7, 11) is 0. The second-order valence-electron chi connectivity index (χ2n) is 8.02. The number of hydrogen-bond acceptors (Lipinski definition) is 3. The Morgan fingerprint density at radius 3 is 2.57 bits per heavy atom. The fraction of sp³-hybridized carbons (Fsp3) is 0.375. The number of furan rings is 1. The van der Waals surface area contributed by atoms with Crippen LogP contribution >= 0.6 is 0 Å². The van der Waals surface area contributed by atoms with Crippen LogP contribution in [0.2, 0.25) is 0 Å². The first-order valence-corrected chi connectivity index (χ1v) is 10.1. The number of hydrogen-bond donors (Lipinski definition) is 1. The second-order valence-corrected chi connectivity index (χ2v) is 8.02. The highest BCUT2D eigenvalue weighted by molar-refractivity contribution is 5.99. The molecule has 0 atom stereocenters. The quantitative estimate of drug-likeness (QED) is 0.714. The molecule has 4 rings (SSSR count). The van der Waals surface area contributed by atoms with Crippen LogP contribution in [0.25, 0.3) is 11.0 Å². The van der Waals surface area contributed by atoms with Gasteiger partial charge in [-0.15, -0.1) is 0 Å². The van der Waals surface area contributed by atoms with E-state index in [0.717, 1.165) is 54.6 Å². The molecule has 4 heteroatoms. The van der Waals surface area contributed by atoms with Crippen LogP contribution in [-0.4, -0.2) is 29.9 Å². The number of likely N-dealkylation sites (tertiary alicyclic amines) is 1. The number of rotatable bonds is 4. The summed E-state index contributed by atoms with van der Waals surface area (Å²) in [4.78, 5) is 15.3. The number of aryl methyl sites for hydroxylation is 3. The van der Waals surface area contributed by atoms with E-state index in [4.69, 9.17) is 4.42 Å². The minimum absolute atomic E-state index is 0.0924. The molecule has 0 unspecified atom stereocenters. The molecule has 0 bridgehead atoms. The minimum Gasteiger partial charge on any atom is -0.450 e. The van der Waals surface area contributed by atoms with E-state index in [0.29, 0.717) is 5.76 Å². The summed E-state index contributed by atoms with van der Waals surface area (Å²) in [6.07, 6.45) is 1.94. The van der Waals surface area contributed by atoms with Crippen molar-refractivity contribution in [1.82, 2.24) is 10.2 Å². The van der Waals surface area contributed by atoms with Gasteiger partial charge in [-0.1, -0.05) is 48.0 Å². The van der Waals surface area contributed by atoms with Crippen LogP contribution in [0.4, 0.5) is 0 Å². The van der Waals surface area contributed by atoms with Crippen LogP contribution in [-0.2, 0) is 6.54 Å². The Balaban J connectivity index is 1.36. The van der Waals surface area contributed by atoms with Gasteiger partial charge in [-0.25, -0.2) is 0 Å². The van der Waals surface area contributed by atoms with Gasteiger partial charge in [-0.05, 0) is 44.7 Å². The van der Waals surface area contributed by atoms with E-state index in [2.05, 4.69) is 41.4 Å². The summed E-state index contributed by atoms with van der Waals surface area (Å²) in [6, 6.07) is 14.9. The Bertz CT molecular complexity index is 997. The van der Waals surface area contributed by atoms with Crippen LogP contribution in [0.15, 0.2) is 46.9 Å². The van der Waals surface area contributed by atoms with Gasteiger partial charge >= 0.3 is 0 Å². The van der Waals surface area contributed by atoms with Crippen molar-refractivity contribution in [2.75, 3.05) is 13.1 Å². The fourth-order valence-corrected chi connectivity index (χ4v) is 4.16. The van der Waals surface area contributed by atoms with E-state index in [-0.39, 0.29) is 11.9 Å². The zero-order chi connectivity index (χ0) is 19.7. The molecule has 0 aliphatic carbocycles. The topological polar surface area (TPSA) is 45.5 Å². The molecule has 1 amide bonds. The van der Waals surface area contributed by atoms with Crippen LogP contribution in [0.1, 0.15) is 45.7 Å². The van der Waals surface area contributed by atoms with Gasteiger partial charge in [0.05, 0.1) is 0 Å². The van der Waals surface area contributed by atoms with Crippen molar-refractivity contribution in [2.45, 2.75) is 46.2 Å². The van der Waals surface area contributed by atoms with Gasteiger partial charge in [-0.3, -0.25) is 9.69 Å². The summed E-state index contributed by atoms with van der Waals surface area (Å²) in [5, 5.41) is 4.22. The van der Waals surface area contributed by atoms with Gasteiger partial charge in [-0.2, -0.15) is 0 Å². The Labute approximate surface area is 166 Å². The molecule has 0 radical (unpaired) electrons. The molecule has 1 fully saturated rings. The fourth-order valence-electron chi connectivity index (χ4n) is 4.16. The van der Waals surface area contributed by atoms with E-state index in [1.54, 1.807) is 0 Å². The van der Waals surface area contributed by atoms with E-state index in [1.165, 1.54) is 11.1 Å². The highest BCUT2D eigenvalue weighted by atomic mass is 16.3. The number of nitrogens with one attached hydrogen (secondary N) is 1. The SMILES string of the molecule is Cc1cccc(CN2CCC(NC(=O)c3oc4c(C)cccc4c3C)CC2)c1. The maximum absolute atomic E-state index is 12.8. The number of nitrogens with zero attached hydrogens (tertiary/aromatic N) is 1. The molecule has 4 nitrogen and oxygen atoms in total. The summed E-state index contributed by atoms with van der Waals surface area (Å²) in [5.74, 6) is 0.358. The van der Waals surface area contributed by atoms with Crippen molar-refractivity contribution >= 4 is 16.9 Å². The Kier molecular flexibility index (Phi) is 5.23. The lowest BCUT2D eigenvalue weighted by molar-refractivity contribution is 0.0882. The van der Waals surface area contributed by atoms with E-state index in [9.17, 15) is 4.79 Å². The lowest BCUT2D eigenvalue weighted by Crippen LogP contribution is -2.44. The van der Waals surface area contributed by atoms with Crippen molar-refractivity contribution < 1.29 is 9.21 Å². The first-order chi connectivity index (χ1) is 13.5. The maximum Gasteiger partial charge on any atom is 0.287 e. The van der Waals surface area contributed by atoms with E-state index < -0.39 is 0 Å². The molecular weight excluding hydrogens is 348 g/mol. The van der Waals surface area contributed by atoms with Crippen molar-refractivity contribution in [3.63, 3.8) is 0 Å². The third-order valence-corrected chi connectivity index (χ3v) is 5.78. The molecule has 28 heavy (non-hydrogen) atoms. The molecule has 1 aliphatic rings.